The molecule has 2 aliphatic carbocycles. The Balaban J connectivity index is 1.62. The number of pyridine rings is 1. The fourth-order valence-corrected chi connectivity index (χ4v) is 5.30. The second kappa shape index (κ2) is 7.16. The third-order valence-corrected chi connectivity index (χ3v) is 7.40. The first kappa shape index (κ1) is 20.2. The molecular weight excluding hydrogens is 418 g/mol. The highest BCUT2D eigenvalue weighted by Gasteiger charge is 2.52. The third-order valence-electron chi connectivity index (χ3n) is 6.50. The van der Waals surface area contributed by atoms with E-state index in [0.717, 1.165) is 34.9 Å². The average molecular weight is 441 g/mol. The summed E-state index contributed by atoms with van der Waals surface area (Å²) in [5.74, 6) is -1.99. The van der Waals surface area contributed by atoms with Gasteiger partial charge in [0.1, 0.15) is 10.4 Å². The van der Waals surface area contributed by atoms with Crippen LogP contribution in [0.15, 0.2) is 40.6 Å². The molecule has 7 heteroatoms. The molecule has 2 aromatic heterocycles. The minimum atomic E-state index is -2.61. The second-order valence-corrected chi connectivity index (χ2v) is 9.57. The molecule has 1 aromatic carbocycles. The Kier molecular flexibility index (Phi) is 4.67. The van der Waals surface area contributed by atoms with Crippen LogP contribution < -0.4 is 10.3 Å². The van der Waals surface area contributed by atoms with Gasteiger partial charge >= 0.3 is 0 Å². The number of hydrogen-bond donors (Lipinski definition) is 0. The molecule has 0 N–H and O–H groups in total. The maximum Gasteiger partial charge on any atom is 0.268 e. The Bertz CT molecular complexity index is 1260. The van der Waals surface area contributed by atoms with Crippen LogP contribution in [-0.2, 0) is 12.6 Å². The molecule has 0 unspecified atom stereocenters. The number of fused-ring (bicyclic) bond motifs is 1. The molecule has 0 saturated heterocycles. The van der Waals surface area contributed by atoms with Crippen LogP contribution in [-0.4, -0.2) is 16.6 Å². The molecule has 0 amide bonds. The normalized spacial score (nSPS) is 19.8. The van der Waals surface area contributed by atoms with Crippen LogP contribution in [0, 0.1) is 6.57 Å². The lowest BCUT2D eigenvalue weighted by molar-refractivity contribution is -0.0581. The van der Waals surface area contributed by atoms with Crippen molar-refractivity contribution in [3.05, 3.63) is 63.2 Å². The van der Waals surface area contributed by atoms with Gasteiger partial charge in [-0.3, -0.25) is 4.79 Å². The van der Waals surface area contributed by atoms with E-state index in [-0.39, 0.29) is 24.5 Å². The number of rotatable bonds is 4. The zero-order chi connectivity index (χ0) is 21.8. The number of ether oxygens (including phenoxy) is 1. The number of benzene rings is 1. The topological polar surface area (TPSA) is 35.6 Å². The highest BCUT2D eigenvalue weighted by Crippen LogP contribution is 2.51. The van der Waals surface area contributed by atoms with Gasteiger partial charge in [0.05, 0.1) is 6.10 Å². The van der Waals surface area contributed by atoms with Gasteiger partial charge in [-0.25, -0.2) is 15.4 Å². The van der Waals surface area contributed by atoms with E-state index >= 15 is 0 Å². The van der Waals surface area contributed by atoms with E-state index in [2.05, 4.69) is 4.85 Å². The quantitative estimate of drug-likeness (QED) is 0.458. The first-order chi connectivity index (χ1) is 14.8. The van der Waals surface area contributed by atoms with E-state index in [0.29, 0.717) is 23.3 Å². The van der Waals surface area contributed by atoms with Crippen molar-refractivity contribution in [3.63, 3.8) is 0 Å². The predicted octanol–water partition coefficient (Wildman–Crippen LogP) is 6.13. The van der Waals surface area contributed by atoms with Crippen molar-refractivity contribution < 1.29 is 13.5 Å². The first-order valence-electron chi connectivity index (χ1n) is 10.5. The van der Waals surface area contributed by atoms with Gasteiger partial charge in [-0.05, 0) is 42.5 Å². The molecule has 5 rings (SSSR count). The number of hydrogen-bond acceptors (Lipinski definition) is 3. The van der Waals surface area contributed by atoms with Crippen molar-refractivity contribution in [1.82, 2.24) is 4.57 Å². The molecule has 0 aliphatic heterocycles. The SMILES string of the molecule is [C-]#[N+]C1(c2ccc(OC3CCC(F)(F)CC3)c(-c3cn(C)c(=O)c4sccc34)c2)CC1. The van der Waals surface area contributed by atoms with E-state index < -0.39 is 11.5 Å². The largest absolute Gasteiger partial charge is 0.490 e. The lowest BCUT2D eigenvalue weighted by Gasteiger charge is -2.29. The maximum atomic E-state index is 13.6. The summed E-state index contributed by atoms with van der Waals surface area (Å²) in [6.07, 6.45) is 3.47. The van der Waals surface area contributed by atoms with Gasteiger partial charge in [-0.15, -0.1) is 11.3 Å². The van der Waals surface area contributed by atoms with Crippen molar-refractivity contribution in [1.29, 1.82) is 0 Å². The van der Waals surface area contributed by atoms with Crippen molar-refractivity contribution >= 4 is 21.4 Å². The summed E-state index contributed by atoms with van der Waals surface area (Å²) in [5, 5.41) is 2.74. The highest BCUT2D eigenvalue weighted by molar-refractivity contribution is 7.17. The zero-order valence-electron chi connectivity index (χ0n) is 17.2. The van der Waals surface area contributed by atoms with Gasteiger partial charge in [0.15, 0.2) is 0 Å². The summed E-state index contributed by atoms with van der Waals surface area (Å²) >= 11 is 1.40. The fourth-order valence-electron chi connectivity index (χ4n) is 4.41. The summed E-state index contributed by atoms with van der Waals surface area (Å²) in [6, 6.07) is 7.71. The Morgan fingerprint density at radius 3 is 2.58 bits per heavy atom. The number of thiophene rings is 1. The summed E-state index contributed by atoms with van der Waals surface area (Å²) in [5.41, 5.74) is 2.08. The molecule has 0 bridgehead atoms. The number of halogens is 2. The Morgan fingerprint density at radius 1 is 1.16 bits per heavy atom. The fraction of sp³-hybridized carbons (Fsp3) is 0.417. The molecule has 160 valence electrons. The molecule has 31 heavy (non-hydrogen) atoms. The lowest BCUT2D eigenvalue weighted by atomic mass is 9.93. The number of alkyl halides is 2. The van der Waals surface area contributed by atoms with Crippen LogP contribution in [0.3, 0.4) is 0 Å². The zero-order valence-corrected chi connectivity index (χ0v) is 18.0. The van der Waals surface area contributed by atoms with E-state index in [1.54, 1.807) is 17.8 Å². The minimum absolute atomic E-state index is 0.0540. The lowest BCUT2D eigenvalue weighted by Crippen LogP contribution is -2.30. The van der Waals surface area contributed by atoms with Crippen LogP contribution in [0.4, 0.5) is 8.78 Å². The van der Waals surface area contributed by atoms with Crippen molar-refractivity contribution in [2.45, 2.75) is 56.1 Å². The van der Waals surface area contributed by atoms with E-state index in [9.17, 15) is 13.6 Å². The minimum Gasteiger partial charge on any atom is -0.490 e. The van der Waals surface area contributed by atoms with Crippen molar-refractivity contribution in [2.24, 2.45) is 7.05 Å². The average Bonchev–Trinajstić information content (AvgIpc) is 3.40. The Morgan fingerprint density at radius 2 is 1.90 bits per heavy atom. The smallest absolute Gasteiger partial charge is 0.268 e. The molecule has 2 aliphatic rings. The van der Waals surface area contributed by atoms with E-state index in [4.69, 9.17) is 11.3 Å². The van der Waals surface area contributed by atoms with Crippen LogP contribution in [0.5, 0.6) is 5.75 Å². The van der Waals surface area contributed by atoms with Gasteiger partial charge < -0.3 is 14.1 Å². The van der Waals surface area contributed by atoms with Gasteiger partial charge in [0.2, 0.25) is 5.92 Å². The molecule has 3 aromatic rings. The standard InChI is InChI=1S/C24H22F2N2O2S/c1-27-23(10-11-23)15-3-4-20(30-16-5-8-24(25,26)9-6-16)18(13-15)19-14-28(2)22(29)21-17(19)7-12-31-21/h3-4,7,12-14,16H,5-6,8-11H2,2H3. The van der Waals surface area contributed by atoms with Crippen LogP contribution >= 0.6 is 11.3 Å². The predicted molar refractivity (Wildman–Crippen MR) is 118 cm³/mol. The monoisotopic (exact) mass is 440 g/mol. The molecule has 2 fully saturated rings. The molecule has 0 radical (unpaired) electrons. The summed E-state index contributed by atoms with van der Waals surface area (Å²) in [7, 11) is 1.72. The summed E-state index contributed by atoms with van der Waals surface area (Å²) in [6.45, 7) is 7.62. The van der Waals surface area contributed by atoms with Gasteiger partial charge in [-0.2, -0.15) is 0 Å². The summed E-state index contributed by atoms with van der Waals surface area (Å²) < 4.78 is 35.7. The molecule has 0 atom stereocenters. The molecule has 0 spiro atoms. The third kappa shape index (κ3) is 3.53. The van der Waals surface area contributed by atoms with Crippen LogP contribution in [0.25, 0.3) is 26.1 Å². The van der Waals surface area contributed by atoms with E-state index in [1.165, 1.54) is 11.3 Å². The molecule has 4 nitrogen and oxygen atoms in total. The molecule has 2 heterocycles. The molecule has 2 saturated carbocycles. The number of aromatic nitrogens is 1. The first-order valence-corrected chi connectivity index (χ1v) is 11.3. The summed E-state index contributed by atoms with van der Waals surface area (Å²) in [4.78, 5) is 16.4. The Hall–Kier alpha value is -2.72. The van der Waals surface area contributed by atoms with E-state index in [1.807, 2.05) is 29.6 Å². The van der Waals surface area contributed by atoms with Gasteiger partial charge in [0.25, 0.3) is 11.1 Å². The maximum absolute atomic E-state index is 13.6. The second-order valence-electron chi connectivity index (χ2n) is 8.65. The van der Waals surface area contributed by atoms with Gasteiger partial charge in [-0.1, -0.05) is 0 Å². The van der Waals surface area contributed by atoms with Crippen molar-refractivity contribution in [3.8, 4) is 16.9 Å². The van der Waals surface area contributed by atoms with Crippen molar-refractivity contribution in [2.75, 3.05) is 0 Å². The molecular formula is C24H22F2N2O2S. The number of aryl methyl sites for hydroxylation is 1. The highest BCUT2D eigenvalue weighted by atomic mass is 32.1. The number of nitrogens with zero attached hydrogens (tertiary/aromatic N) is 2. The van der Waals surface area contributed by atoms with Crippen LogP contribution in [0.2, 0.25) is 0 Å². The van der Waals surface area contributed by atoms with Crippen LogP contribution in [0.1, 0.15) is 44.1 Å². The van der Waals surface area contributed by atoms with Gasteiger partial charge in [0, 0.05) is 61.0 Å². The Labute approximate surface area is 182 Å².